The topological polar surface area (TPSA) is 86.8 Å². The molecule has 208 valence electrons. The molecule has 3 aromatic rings. The summed E-state index contributed by atoms with van der Waals surface area (Å²) in [5, 5.41) is 2.89. The van der Waals surface area contributed by atoms with E-state index in [1.165, 1.54) is 17.0 Å². The van der Waals surface area contributed by atoms with Gasteiger partial charge in [-0.2, -0.15) is 0 Å². The zero-order valence-electron chi connectivity index (χ0n) is 22.6. The van der Waals surface area contributed by atoms with Crippen LogP contribution in [0.4, 0.5) is 10.1 Å². The van der Waals surface area contributed by atoms with Crippen molar-refractivity contribution in [3.8, 4) is 0 Å². The fourth-order valence-corrected chi connectivity index (χ4v) is 5.23. The molecular formula is C30H36FN3O4S. The fraction of sp³-hybridized carbons (Fsp3) is 0.333. The largest absolute Gasteiger partial charge is 0.354 e. The van der Waals surface area contributed by atoms with Crippen LogP contribution in [0, 0.1) is 5.82 Å². The van der Waals surface area contributed by atoms with Crippen LogP contribution in [-0.4, -0.2) is 50.5 Å². The lowest BCUT2D eigenvalue weighted by atomic mass is 10.0. The molecule has 0 spiro atoms. The maximum absolute atomic E-state index is 14.0. The lowest BCUT2D eigenvalue weighted by molar-refractivity contribution is -0.140. The molecule has 7 nitrogen and oxygen atoms in total. The molecule has 1 N–H and O–H groups in total. The van der Waals surface area contributed by atoms with E-state index in [1.54, 1.807) is 24.3 Å². The second-order valence-corrected chi connectivity index (χ2v) is 11.3. The molecule has 0 aliphatic heterocycles. The number of aryl methyl sites for hydroxylation is 1. The zero-order chi connectivity index (χ0) is 28.4. The molecule has 0 bridgehead atoms. The average Bonchev–Trinajstić information content (AvgIpc) is 2.93. The van der Waals surface area contributed by atoms with E-state index in [1.807, 2.05) is 56.3 Å². The number of anilines is 1. The van der Waals surface area contributed by atoms with Gasteiger partial charge in [-0.1, -0.05) is 74.5 Å². The summed E-state index contributed by atoms with van der Waals surface area (Å²) in [5.74, 6) is -1.29. The minimum Gasteiger partial charge on any atom is -0.354 e. The Labute approximate surface area is 230 Å². The number of carbonyl (C=O) groups excluding carboxylic acids is 2. The third-order valence-electron chi connectivity index (χ3n) is 6.41. The Hall–Kier alpha value is -3.72. The number of nitrogens with one attached hydrogen (secondary N) is 1. The van der Waals surface area contributed by atoms with Crippen molar-refractivity contribution in [1.82, 2.24) is 10.2 Å². The lowest BCUT2D eigenvalue weighted by Gasteiger charge is -2.34. The molecule has 39 heavy (non-hydrogen) atoms. The average molecular weight is 554 g/mol. The van der Waals surface area contributed by atoms with Gasteiger partial charge in [-0.15, -0.1) is 0 Å². The number of para-hydroxylation sites is 1. The van der Waals surface area contributed by atoms with Crippen molar-refractivity contribution in [3.05, 3.63) is 101 Å². The van der Waals surface area contributed by atoms with Crippen LogP contribution in [0.25, 0.3) is 0 Å². The second-order valence-electron chi connectivity index (χ2n) is 9.40. The number of halogens is 1. The van der Waals surface area contributed by atoms with Gasteiger partial charge in [-0.25, -0.2) is 12.8 Å². The van der Waals surface area contributed by atoms with Crippen LogP contribution < -0.4 is 9.62 Å². The monoisotopic (exact) mass is 553 g/mol. The minimum absolute atomic E-state index is 0.00316. The number of rotatable bonds is 13. The fourth-order valence-electron chi connectivity index (χ4n) is 4.35. The molecule has 9 heteroatoms. The smallest absolute Gasteiger partial charge is 0.244 e. The first-order chi connectivity index (χ1) is 18.6. The highest BCUT2D eigenvalue weighted by Crippen LogP contribution is 2.24. The highest BCUT2D eigenvalue weighted by molar-refractivity contribution is 7.92. The minimum atomic E-state index is -3.84. The van der Waals surface area contributed by atoms with Gasteiger partial charge in [0.1, 0.15) is 18.4 Å². The summed E-state index contributed by atoms with van der Waals surface area (Å²) in [6, 6.07) is 21.2. The molecule has 0 saturated heterocycles. The third-order valence-corrected chi connectivity index (χ3v) is 7.53. The van der Waals surface area contributed by atoms with Crippen molar-refractivity contribution < 1.29 is 22.4 Å². The van der Waals surface area contributed by atoms with E-state index in [-0.39, 0.29) is 18.9 Å². The number of benzene rings is 3. The summed E-state index contributed by atoms with van der Waals surface area (Å²) in [5.41, 5.74) is 2.67. The molecule has 3 rings (SSSR count). The summed E-state index contributed by atoms with van der Waals surface area (Å²) in [6.07, 6.45) is 2.58. The molecule has 0 heterocycles. The van der Waals surface area contributed by atoms with E-state index in [2.05, 4.69) is 5.32 Å². The number of nitrogens with zero attached hydrogens (tertiary/aromatic N) is 2. The van der Waals surface area contributed by atoms with Crippen LogP contribution >= 0.6 is 0 Å². The molecule has 0 fully saturated rings. The van der Waals surface area contributed by atoms with Gasteiger partial charge >= 0.3 is 0 Å². The van der Waals surface area contributed by atoms with E-state index in [0.717, 1.165) is 21.7 Å². The maximum atomic E-state index is 14.0. The molecule has 0 saturated carbocycles. The predicted octanol–water partition coefficient (Wildman–Crippen LogP) is 4.32. The predicted molar refractivity (Wildman–Crippen MR) is 152 cm³/mol. The van der Waals surface area contributed by atoms with Crippen LogP contribution in [0.3, 0.4) is 0 Å². The molecular weight excluding hydrogens is 517 g/mol. The summed E-state index contributed by atoms with van der Waals surface area (Å²) < 4.78 is 40.6. The van der Waals surface area contributed by atoms with Crippen molar-refractivity contribution in [2.45, 2.75) is 45.7 Å². The number of amides is 2. The van der Waals surface area contributed by atoms with Crippen molar-refractivity contribution in [3.63, 3.8) is 0 Å². The van der Waals surface area contributed by atoms with Gasteiger partial charge in [0.2, 0.25) is 21.8 Å². The van der Waals surface area contributed by atoms with Gasteiger partial charge in [0.25, 0.3) is 0 Å². The lowest BCUT2D eigenvalue weighted by Crippen LogP contribution is -2.53. The second kappa shape index (κ2) is 13.9. The van der Waals surface area contributed by atoms with E-state index in [4.69, 9.17) is 0 Å². The maximum Gasteiger partial charge on any atom is 0.244 e. The van der Waals surface area contributed by atoms with Gasteiger partial charge < -0.3 is 10.2 Å². The Morgan fingerprint density at radius 3 is 2.15 bits per heavy atom. The van der Waals surface area contributed by atoms with Crippen LogP contribution in [0.2, 0.25) is 0 Å². The molecule has 0 radical (unpaired) electrons. The van der Waals surface area contributed by atoms with Gasteiger partial charge in [0.15, 0.2) is 0 Å². The van der Waals surface area contributed by atoms with Gasteiger partial charge in [-0.05, 0) is 47.7 Å². The molecule has 2 amide bonds. The Kier molecular flexibility index (Phi) is 10.6. The molecule has 1 atom stereocenters. The van der Waals surface area contributed by atoms with Crippen LogP contribution in [0.1, 0.15) is 37.0 Å². The van der Waals surface area contributed by atoms with Gasteiger partial charge in [0.05, 0.1) is 11.9 Å². The number of hydrogen-bond acceptors (Lipinski definition) is 4. The standard InChI is InChI=1S/C30H36FN3O4S/c1-4-19-32-30(36)28(20-23-11-7-6-8-12-23)33(21-24-15-17-26(31)18-16-24)29(35)22-34(39(3,37)38)27-14-10-9-13-25(27)5-2/h6-18,28H,4-5,19-22H2,1-3H3,(H,32,36). The van der Waals surface area contributed by atoms with Gasteiger partial charge in [-0.3, -0.25) is 13.9 Å². The van der Waals surface area contributed by atoms with Crippen LogP contribution in [-0.2, 0) is 39.0 Å². The summed E-state index contributed by atoms with van der Waals surface area (Å²) in [6.45, 7) is 3.80. The Bertz CT molecular complexity index is 1350. The summed E-state index contributed by atoms with van der Waals surface area (Å²) in [7, 11) is -3.84. The molecule has 0 aromatic heterocycles. The van der Waals surface area contributed by atoms with Crippen molar-refractivity contribution in [1.29, 1.82) is 0 Å². The summed E-state index contributed by atoms with van der Waals surface area (Å²) in [4.78, 5) is 28.9. The number of sulfonamides is 1. The van der Waals surface area contributed by atoms with Crippen molar-refractivity contribution >= 4 is 27.5 Å². The van der Waals surface area contributed by atoms with E-state index in [9.17, 15) is 22.4 Å². The van der Waals surface area contributed by atoms with Crippen LogP contribution in [0.15, 0.2) is 78.9 Å². The summed E-state index contributed by atoms with van der Waals surface area (Å²) >= 11 is 0. The first kappa shape index (κ1) is 29.8. The Morgan fingerprint density at radius 2 is 1.54 bits per heavy atom. The van der Waals surface area contributed by atoms with Crippen molar-refractivity contribution in [2.75, 3.05) is 23.7 Å². The number of carbonyl (C=O) groups is 2. The van der Waals surface area contributed by atoms with E-state index < -0.39 is 34.3 Å². The normalized spacial score (nSPS) is 12.0. The molecule has 0 aliphatic carbocycles. The molecule has 3 aromatic carbocycles. The Morgan fingerprint density at radius 1 is 0.897 bits per heavy atom. The third kappa shape index (κ3) is 8.38. The molecule has 1 unspecified atom stereocenters. The first-order valence-electron chi connectivity index (χ1n) is 13.0. The zero-order valence-corrected chi connectivity index (χ0v) is 23.5. The Balaban J connectivity index is 2.05. The molecule has 0 aliphatic rings. The van der Waals surface area contributed by atoms with Crippen molar-refractivity contribution in [2.24, 2.45) is 0 Å². The van der Waals surface area contributed by atoms with Gasteiger partial charge in [0, 0.05) is 19.5 Å². The number of hydrogen-bond donors (Lipinski definition) is 1. The SMILES string of the molecule is CCCNC(=O)C(Cc1ccccc1)N(Cc1ccc(F)cc1)C(=O)CN(c1ccccc1CC)S(C)(=O)=O. The first-order valence-corrected chi connectivity index (χ1v) is 14.9. The van der Waals surface area contributed by atoms with Crippen LogP contribution in [0.5, 0.6) is 0 Å². The van der Waals surface area contributed by atoms with E-state index in [0.29, 0.717) is 30.6 Å². The quantitative estimate of drug-likeness (QED) is 0.342. The highest BCUT2D eigenvalue weighted by Gasteiger charge is 2.33. The van der Waals surface area contributed by atoms with E-state index >= 15 is 0 Å². The highest BCUT2D eigenvalue weighted by atomic mass is 32.2.